The van der Waals surface area contributed by atoms with E-state index >= 15 is 0 Å². The largest absolute Gasteiger partial charge is 0.354 e. The first kappa shape index (κ1) is 16.1. The first-order valence-electron chi connectivity index (χ1n) is 9.06. The van der Waals surface area contributed by atoms with E-state index in [0.29, 0.717) is 18.4 Å². The van der Waals surface area contributed by atoms with Gasteiger partial charge in [0.05, 0.1) is 0 Å². The Morgan fingerprint density at radius 3 is 2.96 bits per heavy atom. The number of aromatic nitrogens is 2. The number of nitrogens with zero attached hydrogens (tertiary/aromatic N) is 5. The number of fused-ring (bicyclic) bond motifs is 1. The number of nitrogens with one attached hydrogen (secondary N) is 2. The molecule has 2 aliphatic heterocycles. The minimum Gasteiger partial charge on any atom is -0.354 e. The number of carbonyl (C=O) groups excluding carboxylic acids is 1. The van der Waals surface area contributed by atoms with Crippen LogP contribution >= 0.6 is 0 Å². The summed E-state index contributed by atoms with van der Waals surface area (Å²) in [7, 11) is 1.80. The molecule has 1 spiro atoms. The van der Waals surface area contributed by atoms with E-state index in [1.165, 1.54) is 12.8 Å². The molecule has 1 saturated heterocycles. The van der Waals surface area contributed by atoms with E-state index in [2.05, 4.69) is 25.7 Å². The lowest BCUT2D eigenvalue weighted by molar-refractivity contribution is -0.123. The number of hydrazone groups is 1. The summed E-state index contributed by atoms with van der Waals surface area (Å²) in [5.74, 6) is 1.56. The Morgan fingerprint density at radius 2 is 2.28 bits per heavy atom. The van der Waals surface area contributed by atoms with Crippen molar-refractivity contribution in [2.24, 2.45) is 5.10 Å². The van der Waals surface area contributed by atoms with Gasteiger partial charge < -0.3 is 10.2 Å². The third-order valence-electron chi connectivity index (χ3n) is 5.50. The molecule has 0 unspecified atom stereocenters. The molecular formula is C17H25N7O. The Bertz CT molecular complexity index is 700. The highest BCUT2D eigenvalue weighted by molar-refractivity contribution is 5.94. The Balaban J connectivity index is 1.70. The van der Waals surface area contributed by atoms with Gasteiger partial charge >= 0.3 is 0 Å². The summed E-state index contributed by atoms with van der Waals surface area (Å²) in [6.45, 7) is 2.59. The number of rotatable bonds is 4. The molecule has 3 heterocycles. The lowest BCUT2D eigenvalue weighted by Gasteiger charge is -2.38. The van der Waals surface area contributed by atoms with Crippen molar-refractivity contribution in [3.63, 3.8) is 0 Å². The highest BCUT2D eigenvalue weighted by Gasteiger charge is 2.55. The van der Waals surface area contributed by atoms with Gasteiger partial charge in [0.25, 0.3) is 0 Å². The Morgan fingerprint density at radius 1 is 1.48 bits per heavy atom. The van der Waals surface area contributed by atoms with Crippen LogP contribution in [0, 0.1) is 0 Å². The molecule has 0 aromatic carbocycles. The zero-order valence-electron chi connectivity index (χ0n) is 14.8. The molecule has 1 aliphatic carbocycles. The average Bonchev–Trinajstić information content (AvgIpc) is 3.28. The summed E-state index contributed by atoms with van der Waals surface area (Å²) >= 11 is 0. The highest BCUT2D eigenvalue weighted by Crippen LogP contribution is 2.45. The van der Waals surface area contributed by atoms with E-state index in [-0.39, 0.29) is 5.91 Å². The molecule has 1 amide bonds. The second-order valence-electron chi connectivity index (χ2n) is 7.07. The van der Waals surface area contributed by atoms with E-state index in [1.54, 1.807) is 18.4 Å². The molecule has 1 aromatic rings. The molecule has 2 fully saturated rings. The fourth-order valence-electron chi connectivity index (χ4n) is 4.48. The monoisotopic (exact) mass is 343 g/mol. The molecule has 3 aliphatic rings. The third-order valence-corrected chi connectivity index (χ3v) is 5.50. The molecule has 25 heavy (non-hydrogen) atoms. The lowest BCUT2D eigenvalue weighted by Crippen LogP contribution is -2.56. The zero-order chi connectivity index (χ0) is 17.4. The van der Waals surface area contributed by atoms with E-state index in [0.717, 1.165) is 37.2 Å². The third kappa shape index (κ3) is 2.60. The molecule has 1 aromatic heterocycles. The molecule has 0 radical (unpaired) electrons. The predicted molar refractivity (Wildman–Crippen MR) is 96.4 cm³/mol. The van der Waals surface area contributed by atoms with Crippen LogP contribution in [0.2, 0.25) is 0 Å². The molecule has 2 N–H and O–H groups in total. The van der Waals surface area contributed by atoms with Crippen molar-refractivity contribution in [2.45, 2.75) is 57.0 Å². The number of anilines is 2. The van der Waals surface area contributed by atoms with Crippen molar-refractivity contribution < 1.29 is 4.79 Å². The number of hydrogen-bond donors (Lipinski definition) is 2. The fraction of sp³-hybridized carbons (Fsp3) is 0.647. The molecule has 0 bridgehead atoms. The molecule has 1 saturated carbocycles. The van der Waals surface area contributed by atoms with Gasteiger partial charge in [-0.05, 0) is 26.2 Å². The van der Waals surface area contributed by atoms with Crippen LogP contribution in [0.25, 0.3) is 0 Å². The number of carbonyl (C=O) groups is 1. The van der Waals surface area contributed by atoms with Crippen LogP contribution < -0.4 is 15.6 Å². The van der Waals surface area contributed by atoms with E-state index in [1.807, 2.05) is 13.1 Å². The van der Waals surface area contributed by atoms with Gasteiger partial charge in [-0.1, -0.05) is 12.8 Å². The Hall–Kier alpha value is -2.38. The highest BCUT2D eigenvalue weighted by atomic mass is 16.2. The normalized spacial score (nSPS) is 25.8. The van der Waals surface area contributed by atoms with Gasteiger partial charge in [0.2, 0.25) is 11.9 Å². The van der Waals surface area contributed by atoms with Crippen LogP contribution in [0.15, 0.2) is 11.3 Å². The van der Waals surface area contributed by atoms with Gasteiger partial charge in [-0.15, -0.1) is 0 Å². The Labute approximate surface area is 147 Å². The van der Waals surface area contributed by atoms with Crippen LogP contribution in [0.5, 0.6) is 0 Å². The maximum Gasteiger partial charge on any atom is 0.246 e. The van der Waals surface area contributed by atoms with Gasteiger partial charge in [-0.25, -0.2) is 15.5 Å². The smallest absolute Gasteiger partial charge is 0.246 e. The molecule has 1 atom stereocenters. The standard InChI is InChI=1S/C17H25N7O/c1-3-20-23(2)22-16-19-11-12-10-17(8-9-18-15(17)25)24(14(12)21-16)13-6-4-5-7-13/h3,11,13H,4-10H2,1-2H3,(H,18,25)(H,19,21,22)/b20-3-/t17-/m1/s1. The average molecular weight is 343 g/mol. The van der Waals surface area contributed by atoms with Crippen molar-refractivity contribution in [2.75, 3.05) is 23.9 Å². The van der Waals surface area contributed by atoms with E-state index < -0.39 is 5.54 Å². The number of hydrogen-bond acceptors (Lipinski definition) is 7. The van der Waals surface area contributed by atoms with Gasteiger partial charge in [0, 0.05) is 44.0 Å². The van der Waals surface area contributed by atoms with Crippen molar-refractivity contribution in [3.8, 4) is 0 Å². The van der Waals surface area contributed by atoms with Gasteiger partial charge in [-0.3, -0.25) is 4.79 Å². The maximum absolute atomic E-state index is 12.7. The second kappa shape index (κ2) is 6.16. The van der Waals surface area contributed by atoms with Crippen molar-refractivity contribution >= 4 is 23.9 Å². The quantitative estimate of drug-likeness (QED) is 0.633. The van der Waals surface area contributed by atoms with Gasteiger partial charge in [0.1, 0.15) is 11.4 Å². The Kier molecular flexibility index (Phi) is 3.97. The van der Waals surface area contributed by atoms with Crippen molar-refractivity contribution in [3.05, 3.63) is 11.8 Å². The fourth-order valence-corrected chi connectivity index (χ4v) is 4.48. The first-order valence-corrected chi connectivity index (χ1v) is 9.06. The van der Waals surface area contributed by atoms with Gasteiger partial charge in [0.15, 0.2) is 0 Å². The van der Waals surface area contributed by atoms with Gasteiger partial charge in [-0.2, -0.15) is 10.1 Å². The summed E-state index contributed by atoms with van der Waals surface area (Å²) in [5, 5.41) is 8.74. The van der Waals surface area contributed by atoms with Crippen LogP contribution in [0.3, 0.4) is 0 Å². The van der Waals surface area contributed by atoms with E-state index in [4.69, 9.17) is 4.98 Å². The number of amides is 1. The van der Waals surface area contributed by atoms with Crippen molar-refractivity contribution in [1.82, 2.24) is 20.4 Å². The molecular weight excluding hydrogens is 318 g/mol. The van der Waals surface area contributed by atoms with E-state index in [9.17, 15) is 4.79 Å². The summed E-state index contributed by atoms with van der Waals surface area (Å²) < 4.78 is 0. The molecule has 134 valence electrons. The topological polar surface area (TPSA) is 85.8 Å². The number of hydrazine groups is 1. The molecule has 4 rings (SSSR count). The van der Waals surface area contributed by atoms with Crippen LogP contribution in [-0.2, 0) is 11.2 Å². The molecule has 8 nitrogen and oxygen atoms in total. The van der Waals surface area contributed by atoms with Crippen molar-refractivity contribution in [1.29, 1.82) is 0 Å². The minimum atomic E-state index is -0.474. The predicted octanol–water partition coefficient (Wildman–Crippen LogP) is 1.30. The summed E-state index contributed by atoms with van der Waals surface area (Å²) in [6, 6.07) is 0.388. The summed E-state index contributed by atoms with van der Waals surface area (Å²) in [6.07, 6.45) is 9.79. The maximum atomic E-state index is 12.7. The lowest BCUT2D eigenvalue weighted by atomic mass is 9.91. The summed E-state index contributed by atoms with van der Waals surface area (Å²) in [5.41, 5.74) is 3.65. The van der Waals surface area contributed by atoms with Crippen LogP contribution in [0.1, 0.15) is 44.6 Å². The van der Waals surface area contributed by atoms with Crippen LogP contribution in [-0.4, -0.2) is 52.4 Å². The molecule has 8 heteroatoms. The first-order chi connectivity index (χ1) is 12.1. The SMILES string of the molecule is C/C=N\N(C)Nc1ncc2c(n1)N(C1CCCC1)[C@]1(CCNC1=O)C2. The minimum absolute atomic E-state index is 0.139. The summed E-state index contributed by atoms with van der Waals surface area (Å²) in [4.78, 5) is 24.2. The zero-order valence-corrected chi connectivity index (χ0v) is 14.8. The van der Waals surface area contributed by atoms with Crippen LogP contribution in [0.4, 0.5) is 11.8 Å². The second-order valence-corrected chi connectivity index (χ2v) is 7.07.